The molecule has 2 rings (SSSR count). The highest BCUT2D eigenvalue weighted by Gasteiger charge is 2.18. The summed E-state index contributed by atoms with van der Waals surface area (Å²) in [5.74, 6) is 0.734. The Morgan fingerprint density at radius 3 is 2.61 bits per heavy atom. The lowest BCUT2D eigenvalue weighted by atomic mass is 9.92. The van der Waals surface area contributed by atoms with E-state index in [4.69, 9.17) is 4.98 Å². The van der Waals surface area contributed by atoms with Gasteiger partial charge in [-0.15, -0.1) is 11.3 Å². The number of hydrogen-bond donors (Lipinski definition) is 1. The second-order valence-electron chi connectivity index (χ2n) is 5.42. The van der Waals surface area contributed by atoms with Crippen molar-refractivity contribution in [2.24, 2.45) is 0 Å². The fraction of sp³-hybridized carbons (Fsp3) is 0.800. The highest BCUT2D eigenvalue weighted by Crippen LogP contribution is 2.34. The van der Waals surface area contributed by atoms with Crippen LogP contribution in [0.25, 0.3) is 0 Å². The van der Waals surface area contributed by atoms with Crippen molar-refractivity contribution in [2.75, 3.05) is 6.54 Å². The van der Waals surface area contributed by atoms with E-state index in [9.17, 15) is 0 Å². The lowest BCUT2D eigenvalue weighted by molar-refractivity contribution is 0.454. The van der Waals surface area contributed by atoms with Crippen molar-refractivity contribution in [3.63, 3.8) is 0 Å². The minimum absolute atomic E-state index is 0.454. The molecule has 0 amide bonds. The average molecular weight is 266 g/mol. The zero-order chi connectivity index (χ0) is 12.8. The Morgan fingerprint density at radius 1 is 1.28 bits per heavy atom. The summed E-state index contributed by atoms with van der Waals surface area (Å²) in [6.45, 7) is 5.42. The van der Waals surface area contributed by atoms with E-state index in [1.807, 2.05) is 11.3 Å². The summed E-state index contributed by atoms with van der Waals surface area (Å²) in [4.78, 5) is 6.09. The molecule has 102 valence electrons. The third-order valence-corrected chi connectivity index (χ3v) is 5.28. The van der Waals surface area contributed by atoms with E-state index < -0.39 is 0 Å². The Labute approximate surface area is 115 Å². The van der Waals surface area contributed by atoms with Gasteiger partial charge in [0.2, 0.25) is 0 Å². The summed E-state index contributed by atoms with van der Waals surface area (Å²) in [5, 5.41) is 4.86. The smallest absolute Gasteiger partial charge is 0.0959 e. The SMILES string of the molecule is CCNC(C)c1cnc(C2CCCCCCC2)s1. The number of thiazole rings is 1. The normalized spacial score (nSPS) is 20.3. The molecule has 1 atom stereocenters. The second kappa shape index (κ2) is 7.25. The first-order valence-electron chi connectivity index (χ1n) is 7.50. The second-order valence-corrected chi connectivity index (χ2v) is 6.52. The molecule has 1 heterocycles. The molecule has 1 fully saturated rings. The molecule has 1 saturated carbocycles. The van der Waals surface area contributed by atoms with E-state index in [1.165, 1.54) is 54.8 Å². The maximum absolute atomic E-state index is 4.69. The van der Waals surface area contributed by atoms with Crippen LogP contribution in [0.1, 0.15) is 80.6 Å². The number of hydrogen-bond acceptors (Lipinski definition) is 3. The van der Waals surface area contributed by atoms with E-state index in [1.54, 1.807) is 0 Å². The molecule has 1 aliphatic rings. The summed E-state index contributed by atoms with van der Waals surface area (Å²) < 4.78 is 0. The molecular formula is C15H26N2S. The van der Waals surface area contributed by atoms with Gasteiger partial charge < -0.3 is 5.32 Å². The van der Waals surface area contributed by atoms with Gasteiger partial charge in [-0.05, 0) is 26.3 Å². The molecule has 0 bridgehead atoms. The quantitative estimate of drug-likeness (QED) is 0.858. The third-order valence-electron chi connectivity index (χ3n) is 3.93. The summed E-state index contributed by atoms with van der Waals surface area (Å²) in [5.41, 5.74) is 0. The predicted octanol–water partition coefficient (Wildman–Crippen LogP) is 4.64. The van der Waals surface area contributed by atoms with E-state index >= 15 is 0 Å². The van der Waals surface area contributed by atoms with Gasteiger partial charge in [0.25, 0.3) is 0 Å². The first-order valence-corrected chi connectivity index (χ1v) is 8.32. The summed E-state index contributed by atoms with van der Waals surface area (Å²) in [6.07, 6.45) is 11.8. The number of aromatic nitrogens is 1. The molecule has 1 aliphatic carbocycles. The van der Waals surface area contributed by atoms with Gasteiger partial charge in [-0.2, -0.15) is 0 Å². The molecule has 1 aromatic rings. The molecule has 0 aliphatic heterocycles. The maximum Gasteiger partial charge on any atom is 0.0959 e. The Hall–Kier alpha value is -0.410. The van der Waals surface area contributed by atoms with Crippen molar-refractivity contribution in [1.29, 1.82) is 0 Å². The van der Waals surface area contributed by atoms with Gasteiger partial charge in [-0.3, -0.25) is 0 Å². The number of nitrogens with one attached hydrogen (secondary N) is 1. The fourth-order valence-corrected chi connectivity index (χ4v) is 3.91. The van der Waals surface area contributed by atoms with E-state index in [2.05, 4.69) is 25.4 Å². The topological polar surface area (TPSA) is 24.9 Å². The summed E-state index contributed by atoms with van der Waals surface area (Å²) >= 11 is 1.93. The van der Waals surface area contributed by atoms with Crippen LogP contribution in [0, 0.1) is 0 Å². The first kappa shape index (κ1) is 14.0. The van der Waals surface area contributed by atoms with Crippen molar-refractivity contribution < 1.29 is 0 Å². The lowest BCUT2D eigenvalue weighted by Gasteiger charge is -2.17. The third kappa shape index (κ3) is 3.79. The minimum Gasteiger partial charge on any atom is -0.310 e. The molecule has 1 aromatic heterocycles. The van der Waals surface area contributed by atoms with Crippen LogP contribution in [0.5, 0.6) is 0 Å². The van der Waals surface area contributed by atoms with Crippen molar-refractivity contribution in [3.05, 3.63) is 16.1 Å². The molecule has 2 nitrogen and oxygen atoms in total. The molecule has 1 N–H and O–H groups in total. The van der Waals surface area contributed by atoms with Gasteiger partial charge in [0.05, 0.1) is 5.01 Å². The molecule has 3 heteroatoms. The van der Waals surface area contributed by atoms with Gasteiger partial charge in [-0.25, -0.2) is 4.98 Å². The summed E-state index contributed by atoms with van der Waals surface area (Å²) in [6, 6.07) is 0.454. The number of rotatable bonds is 4. The van der Waals surface area contributed by atoms with Crippen LogP contribution in [-0.2, 0) is 0 Å². The van der Waals surface area contributed by atoms with Crippen molar-refractivity contribution >= 4 is 11.3 Å². The molecule has 1 unspecified atom stereocenters. The van der Waals surface area contributed by atoms with E-state index in [-0.39, 0.29) is 0 Å². The van der Waals surface area contributed by atoms with Crippen LogP contribution in [-0.4, -0.2) is 11.5 Å². The Kier molecular flexibility index (Phi) is 5.64. The predicted molar refractivity (Wildman–Crippen MR) is 79.3 cm³/mol. The van der Waals surface area contributed by atoms with E-state index in [0.29, 0.717) is 6.04 Å². The van der Waals surface area contributed by atoms with Crippen molar-refractivity contribution in [1.82, 2.24) is 10.3 Å². The van der Waals surface area contributed by atoms with Crippen molar-refractivity contribution in [3.8, 4) is 0 Å². The van der Waals surface area contributed by atoms with Gasteiger partial charge in [0.15, 0.2) is 0 Å². The summed E-state index contributed by atoms with van der Waals surface area (Å²) in [7, 11) is 0. The van der Waals surface area contributed by atoms with Gasteiger partial charge in [0.1, 0.15) is 0 Å². The standard InChI is InChI=1S/C15H26N2S/c1-3-16-12(2)14-11-17-15(18-14)13-9-7-5-4-6-8-10-13/h11-13,16H,3-10H2,1-2H3. The highest BCUT2D eigenvalue weighted by molar-refractivity contribution is 7.11. The maximum atomic E-state index is 4.69. The van der Waals surface area contributed by atoms with Crippen LogP contribution in [0.15, 0.2) is 6.20 Å². The largest absolute Gasteiger partial charge is 0.310 e. The van der Waals surface area contributed by atoms with Gasteiger partial charge in [0, 0.05) is 23.0 Å². The highest BCUT2D eigenvalue weighted by atomic mass is 32.1. The molecule has 0 aromatic carbocycles. The molecule has 18 heavy (non-hydrogen) atoms. The van der Waals surface area contributed by atoms with Gasteiger partial charge in [-0.1, -0.05) is 39.0 Å². The minimum atomic E-state index is 0.454. The number of nitrogens with zero attached hydrogens (tertiary/aromatic N) is 1. The van der Waals surface area contributed by atoms with Crippen LogP contribution in [0.3, 0.4) is 0 Å². The monoisotopic (exact) mass is 266 g/mol. The zero-order valence-corrected chi connectivity index (χ0v) is 12.6. The fourth-order valence-electron chi connectivity index (χ4n) is 2.80. The zero-order valence-electron chi connectivity index (χ0n) is 11.7. The first-order chi connectivity index (χ1) is 8.81. The van der Waals surface area contributed by atoms with Crippen molar-refractivity contribution in [2.45, 2.75) is 70.8 Å². The lowest BCUT2D eigenvalue weighted by Crippen LogP contribution is -2.16. The molecule has 0 radical (unpaired) electrons. The molecule has 0 saturated heterocycles. The van der Waals surface area contributed by atoms with Gasteiger partial charge >= 0.3 is 0 Å². The van der Waals surface area contributed by atoms with Crippen LogP contribution in [0.2, 0.25) is 0 Å². The Bertz CT molecular complexity index is 340. The Morgan fingerprint density at radius 2 is 1.94 bits per heavy atom. The van der Waals surface area contributed by atoms with Crippen LogP contribution in [0.4, 0.5) is 0 Å². The molecule has 0 spiro atoms. The Balaban J connectivity index is 1.98. The van der Waals surface area contributed by atoms with Crippen LogP contribution >= 0.6 is 11.3 Å². The van der Waals surface area contributed by atoms with Crippen LogP contribution < -0.4 is 5.32 Å². The van der Waals surface area contributed by atoms with E-state index in [0.717, 1.165) is 12.5 Å². The molecular weight excluding hydrogens is 240 g/mol. The average Bonchev–Trinajstić information content (AvgIpc) is 2.78.